The second-order valence-electron chi connectivity index (χ2n) is 8.95. The number of ether oxygens (including phenoxy) is 2. The van der Waals surface area contributed by atoms with E-state index in [4.69, 9.17) is 14.6 Å². The number of amides is 1. The normalized spacial score (nSPS) is 16.0. The molecule has 0 unspecified atom stereocenters. The van der Waals surface area contributed by atoms with Gasteiger partial charge in [0.05, 0.1) is 18.8 Å². The predicted octanol–water partition coefficient (Wildman–Crippen LogP) is 5.08. The molecule has 5 rings (SSSR count). The average Bonchev–Trinajstić information content (AvgIpc) is 2.94. The monoisotopic (exact) mass is 497 g/mol. The van der Waals surface area contributed by atoms with Crippen LogP contribution in [0, 0.1) is 11.3 Å². The fourth-order valence-electron chi connectivity index (χ4n) is 4.45. The van der Waals surface area contributed by atoms with Crippen LogP contribution in [0.5, 0.6) is 5.75 Å². The van der Waals surface area contributed by atoms with E-state index in [-0.39, 0.29) is 6.10 Å². The van der Waals surface area contributed by atoms with Gasteiger partial charge in [0.2, 0.25) is 0 Å². The van der Waals surface area contributed by atoms with Crippen molar-refractivity contribution in [2.75, 3.05) is 31.6 Å². The molecule has 9 nitrogen and oxygen atoms in total. The number of nitriles is 1. The molecule has 0 saturated carbocycles. The van der Waals surface area contributed by atoms with Gasteiger partial charge in [-0.2, -0.15) is 5.26 Å². The molecular weight excluding hydrogens is 470 g/mol. The van der Waals surface area contributed by atoms with Crippen LogP contribution < -0.4 is 10.1 Å². The summed E-state index contributed by atoms with van der Waals surface area (Å²) in [5.74, 6) is 1.88. The van der Waals surface area contributed by atoms with Gasteiger partial charge >= 0.3 is 6.09 Å². The second-order valence-corrected chi connectivity index (χ2v) is 8.95. The molecule has 0 aliphatic carbocycles. The fraction of sp³-hybridized carbons (Fsp3) is 0.286. The molecule has 0 radical (unpaired) electrons. The number of anilines is 2. The summed E-state index contributed by atoms with van der Waals surface area (Å²) in [6, 6.07) is 15.6. The largest absolute Gasteiger partial charge is 0.489 e. The summed E-state index contributed by atoms with van der Waals surface area (Å²) in [6.07, 6.45) is 6.90. The Morgan fingerprint density at radius 1 is 1.08 bits per heavy atom. The predicted molar refractivity (Wildman–Crippen MR) is 139 cm³/mol. The number of carbonyl (C=O) groups is 1. The Morgan fingerprint density at radius 3 is 2.59 bits per heavy atom. The molecule has 188 valence electrons. The smallest absolute Gasteiger partial charge is 0.407 e. The minimum absolute atomic E-state index is 0.0659. The van der Waals surface area contributed by atoms with Crippen molar-refractivity contribution in [1.29, 1.82) is 5.26 Å². The highest BCUT2D eigenvalue weighted by atomic mass is 16.5. The Labute approximate surface area is 215 Å². The van der Waals surface area contributed by atoms with E-state index in [0.717, 1.165) is 35.1 Å². The zero-order valence-electron chi connectivity index (χ0n) is 20.3. The van der Waals surface area contributed by atoms with E-state index >= 15 is 0 Å². The van der Waals surface area contributed by atoms with Gasteiger partial charge in [0.15, 0.2) is 0 Å². The van der Waals surface area contributed by atoms with E-state index in [1.807, 2.05) is 48.5 Å². The van der Waals surface area contributed by atoms with Crippen molar-refractivity contribution in [1.82, 2.24) is 14.9 Å². The van der Waals surface area contributed by atoms with Gasteiger partial charge in [-0.1, -0.05) is 12.1 Å². The number of aromatic nitrogens is 2. The SMILES string of the molecule is N#Cc1cc(-c2ccnc(Nc3ccc(C4=CCN(C(=O)O)CC4)cn3)c2)ccc1OC1CCOCC1. The molecule has 2 aliphatic rings. The van der Waals surface area contributed by atoms with Crippen LogP contribution in [0.4, 0.5) is 16.4 Å². The number of carboxylic acid groups (broad SMARTS) is 1. The Morgan fingerprint density at radius 2 is 1.89 bits per heavy atom. The number of pyridine rings is 2. The van der Waals surface area contributed by atoms with E-state index in [0.29, 0.717) is 55.7 Å². The zero-order valence-corrected chi connectivity index (χ0v) is 20.3. The maximum Gasteiger partial charge on any atom is 0.407 e. The summed E-state index contributed by atoms with van der Waals surface area (Å²) >= 11 is 0. The van der Waals surface area contributed by atoms with E-state index in [2.05, 4.69) is 21.4 Å². The summed E-state index contributed by atoms with van der Waals surface area (Å²) < 4.78 is 11.5. The topological polar surface area (TPSA) is 121 Å². The lowest BCUT2D eigenvalue weighted by Crippen LogP contribution is -2.33. The number of nitrogens with zero attached hydrogens (tertiary/aromatic N) is 4. The second kappa shape index (κ2) is 11.1. The first-order valence-electron chi connectivity index (χ1n) is 12.2. The van der Waals surface area contributed by atoms with Crippen molar-refractivity contribution in [2.45, 2.75) is 25.4 Å². The molecule has 1 amide bonds. The van der Waals surface area contributed by atoms with Gasteiger partial charge in [-0.3, -0.25) is 0 Å². The van der Waals surface area contributed by atoms with Crippen LogP contribution in [0.3, 0.4) is 0 Å². The molecule has 2 aliphatic heterocycles. The average molecular weight is 498 g/mol. The Balaban J connectivity index is 1.27. The van der Waals surface area contributed by atoms with Gasteiger partial charge < -0.3 is 24.8 Å². The van der Waals surface area contributed by atoms with Crippen molar-refractivity contribution in [2.24, 2.45) is 0 Å². The summed E-state index contributed by atoms with van der Waals surface area (Å²) in [5.41, 5.74) is 4.37. The molecule has 3 aromatic rings. The van der Waals surface area contributed by atoms with Crippen molar-refractivity contribution in [3.63, 3.8) is 0 Å². The lowest BCUT2D eigenvalue weighted by atomic mass is 10.0. The molecule has 1 aromatic carbocycles. The summed E-state index contributed by atoms with van der Waals surface area (Å²) in [4.78, 5) is 21.4. The molecule has 2 N–H and O–H groups in total. The molecule has 4 heterocycles. The maximum absolute atomic E-state index is 11.1. The van der Waals surface area contributed by atoms with Crippen molar-refractivity contribution in [3.05, 3.63) is 72.1 Å². The van der Waals surface area contributed by atoms with Crippen LogP contribution in [-0.2, 0) is 4.74 Å². The highest BCUT2D eigenvalue weighted by molar-refractivity contribution is 5.72. The lowest BCUT2D eigenvalue weighted by molar-refractivity contribution is 0.0254. The summed E-state index contributed by atoms with van der Waals surface area (Å²) in [5, 5.41) is 22.0. The molecular formula is C28H27N5O4. The van der Waals surface area contributed by atoms with E-state index in [1.165, 1.54) is 4.90 Å². The van der Waals surface area contributed by atoms with Gasteiger partial charge in [-0.05, 0) is 65.1 Å². The minimum Gasteiger partial charge on any atom is -0.489 e. The first kappa shape index (κ1) is 24.3. The fourth-order valence-corrected chi connectivity index (χ4v) is 4.45. The number of rotatable bonds is 6. The number of hydrogen-bond donors (Lipinski definition) is 2. The maximum atomic E-state index is 11.1. The Kier molecular flexibility index (Phi) is 7.28. The van der Waals surface area contributed by atoms with Crippen LogP contribution in [0.2, 0.25) is 0 Å². The van der Waals surface area contributed by atoms with Gasteiger partial charge in [0, 0.05) is 38.3 Å². The molecule has 2 aromatic heterocycles. The molecule has 9 heteroatoms. The highest BCUT2D eigenvalue weighted by Crippen LogP contribution is 2.30. The quantitative estimate of drug-likeness (QED) is 0.483. The van der Waals surface area contributed by atoms with Crippen LogP contribution in [0.1, 0.15) is 30.4 Å². The molecule has 0 bridgehead atoms. The number of benzene rings is 1. The van der Waals surface area contributed by atoms with Gasteiger partial charge in [-0.15, -0.1) is 0 Å². The molecule has 37 heavy (non-hydrogen) atoms. The third-order valence-electron chi connectivity index (χ3n) is 6.53. The first-order valence-corrected chi connectivity index (χ1v) is 12.2. The van der Waals surface area contributed by atoms with Gasteiger partial charge in [0.1, 0.15) is 29.6 Å². The third-order valence-corrected chi connectivity index (χ3v) is 6.53. The van der Waals surface area contributed by atoms with Crippen LogP contribution in [0.15, 0.2) is 60.9 Å². The van der Waals surface area contributed by atoms with Gasteiger partial charge in [-0.25, -0.2) is 14.8 Å². The Bertz CT molecular complexity index is 1340. The Hall–Kier alpha value is -4.42. The zero-order chi connectivity index (χ0) is 25.6. The molecule has 0 spiro atoms. The highest BCUT2D eigenvalue weighted by Gasteiger charge is 2.18. The molecule has 1 fully saturated rings. The van der Waals surface area contributed by atoms with Gasteiger partial charge in [0.25, 0.3) is 0 Å². The minimum atomic E-state index is -0.897. The van der Waals surface area contributed by atoms with Crippen LogP contribution >= 0.6 is 0 Å². The van der Waals surface area contributed by atoms with E-state index < -0.39 is 6.09 Å². The standard InChI is InChI=1S/C28H27N5O4/c29-17-23-15-20(1-3-25(23)37-24-8-13-36-14-9-24)21-5-10-30-27(16-21)32-26-4-2-22(18-31-26)19-6-11-33(12-7-19)28(34)35/h1-6,10,15-16,18,24H,7-9,11-14H2,(H,34,35)(H,30,31,32). The van der Waals surface area contributed by atoms with E-state index in [9.17, 15) is 10.1 Å². The molecule has 0 atom stereocenters. The van der Waals surface area contributed by atoms with Crippen LogP contribution in [-0.4, -0.2) is 58.5 Å². The van der Waals surface area contributed by atoms with Crippen molar-refractivity contribution >= 4 is 23.3 Å². The van der Waals surface area contributed by atoms with E-state index in [1.54, 1.807) is 12.4 Å². The lowest BCUT2D eigenvalue weighted by Gasteiger charge is -2.24. The third kappa shape index (κ3) is 5.88. The summed E-state index contributed by atoms with van der Waals surface area (Å²) in [6.45, 7) is 2.22. The van der Waals surface area contributed by atoms with Crippen molar-refractivity contribution < 1.29 is 19.4 Å². The molecule has 1 saturated heterocycles. The van der Waals surface area contributed by atoms with Crippen LogP contribution in [0.25, 0.3) is 16.7 Å². The summed E-state index contributed by atoms with van der Waals surface area (Å²) in [7, 11) is 0. The van der Waals surface area contributed by atoms with Crippen molar-refractivity contribution in [3.8, 4) is 22.9 Å². The number of hydrogen-bond acceptors (Lipinski definition) is 7. The number of nitrogens with one attached hydrogen (secondary N) is 1. The first-order chi connectivity index (χ1) is 18.1.